The van der Waals surface area contributed by atoms with Gasteiger partial charge in [-0.1, -0.05) is 0 Å². The van der Waals surface area contributed by atoms with E-state index in [9.17, 15) is 18.8 Å². The summed E-state index contributed by atoms with van der Waals surface area (Å²) in [6.07, 6.45) is -0.500. The highest BCUT2D eigenvalue weighted by Crippen LogP contribution is 2.10. The molecular formula is C15H18FNO5. The van der Waals surface area contributed by atoms with E-state index in [1.54, 1.807) is 20.8 Å². The van der Waals surface area contributed by atoms with Crippen LogP contribution in [0.2, 0.25) is 0 Å². The molecule has 0 bridgehead atoms. The second-order valence-electron chi connectivity index (χ2n) is 5.66. The zero-order valence-corrected chi connectivity index (χ0v) is 12.6. The lowest BCUT2D eigenvalue weighted by Gasteiger charge is -2.21. The number of ether oxygens (including phenoxy) is 1. The molecule has 0 radical (unpaired) electrons. The first kappa shape index (κ1) is 17.6. The van der Waals surface area contributed by atoms with Crippen molar-refractivity contribution < 1.29 is 28.6 Å². The highest BCUT2D eigenvalue weighted by molar-refractivity contribution is 5.97. The molecule has 1 aromatic rings. The number of halogens is 1. The van der Waals surface area contributed by atoms with E-state index in [0.717, 1.165) is 12.1 Å². The molecule has 2 N–H and O–H groups in total. The molecule has 0 aliphatic carbocycles. The lowest BCUT2D eigenvalue weighted by atomic mass is 10.1. The van der Waals surface area contributed by atoms with Crippen LogP contribution in [-0.4, -0.2) is 34.6 Å². The minimum atomic E-state index is -1.42. The van der Waals surface area contributed by atoms with Gasteiger partial charge >= 0.3 is 11.9 Å². The number of carbonyl (C=O) groups is 3. The number of amides is 1. The van der Waals surface area contributed by atoms with Crippen molar-refractivity contribution in [3.63, 3.8) is 0 Å². The van der Waals surface area contributed by atoms with E-state index < -0.39 is 41.7 Å². The Bertz CT molecular complexity index is 562. The molecule has 0 heterocycles. The van der Waals surface area contributed by atoms with Crippen LogP contribution in [0.1, 0.15) is 37.6 Å². The predicted molar refractivity (Wildman–Crippen MR) is 75.8 cm³/mol. The monoisotopic (exact) mass is 311 g/mol. The van der Waals surface area contributed by atoms with E-state index in [4.69, 9.17) is 9.84 Å². The van der Waals surface area contributed by atoms with E-state index in [1.165, 1.54) is 12.1 Å². The number of carbonyl (C=O) groups excluding carboxylic acids is 2. The number of esters is 1. The van der Waals surface area contributed by atoms with E-state index in [1.807, 2.05) is 0 Å². The second kappa shape index (κ2) is 7.02. The molecule has 22 heavy (non-hydrogen) atoms. The highest BCUT2D eigenvalue weighted by Gasteiger charge is 2.26. The predicted octanol–water partition coefficient (Wildman–Crippen LogP) is 1.74. The van der Waals surface area contributed by atoms with Gasteiger partial charge in [-0.05, 0) is 45.0 Å². The maximum absolute atomic E-state index is 12.8. The maximum Gasteiger partial charge on any atom is 0.326 e. The van der Waals surface area contributed by atoms with E-state index in [0.29, 0.717) is 0 Å². The molecule has 0 aliphatic heterocycles. The van der Waals surface area contributed by atoms with Crippen LogP contribution in [0.15, 0.2) is 24.3 Å². The van der Waals surface area contributed by atoms with Crippen molar-refractivity contribution in [1.82, 2.24) is 5.32 Å². The van der Waals surface area contributed by atoms with E-state index >= 15 is 0 Å². The number of nitrogens with one attached hydrogen (secondary N) is 1. The van der Waals surface area contributed by atoms with Crippen molar-refractivity contribution in [1.29, 1.82) is 0 Å². The Hall–Kier alpha value is -2.44. The molecule has 0 saturated carbocycles. The molecule has 0 fully saturated rings. The van der Waals surface area contributed by atoms with Gasteiger partial charge in [0.05, 0.1) is 6.42 Å². The number of benzene rings is 1. The smallest absolute Gasteiger partial charge is 0.326 e. The van der Waals surface area contributed by atoms with Gasteiger partial charge in [0.15, 0.2) is 0 Å². The van der Waals surface area contributed by atoms with Crippen LogP contribution >= 0.6 is 0 Å². The Morgan fingerprint density at radius 2 is 1.77 bits per heavy atom. The van der Waals surface area contributed by atoms with Crippen molar-refractivity contribution >= 4 is 17.8 Å². The molecule has 120 valence electrons. The molecule has 0 spiro atoms. The first-order chi connectivity index (χ1) is 10.1. The fourth-order valence-corrected chi connectivity index (χ4v) is 1.59. The summed E-state index contributed by atoms with van der Waals surface area (Å²) < 4.78 is 17.8. The summed E-state index contributed by atoms with van der Waals surface area (Å²) in [7, 11) is 0. The van der Waals surface area contributed by atoms with E-state index in [-0.39, 0.29) is 5.56 Å². The number of hydrogen-bond acceptors (Lipinski definition) is 4. The van der Waals surface area contributed by atoms with Gasteiger partial charge in [-0.2, -0.15) is 0 Å². The van der Waals surface area contributed by atoms with Crippen LogP contribution in [-0.2, 0) is 14.3 Å². The molecule has 6 nitrogen and oxygen atoms in total. The largest absolute Gasteiger partial charge is 0.480 e. The van der Waals surface area contributed by atoms with Crippen molar-refractivity contribution in [3.05, 3.63) is 35.6 Å². The molecule has 0 saturated heterocycles. The molecule has 1 aromatic carbocycles. The summed E-state index contributed by atoms with van der Waals surface area (Å²) in [6.45, 7) is 4.95. The van der Waals surface area contributed by atoms with Gasteiger partial charge in [0.2, 0.25) is 0 Å². The molecule has 7 heteroatoms. The Morgan fingerprint density at radius 3 is 2.23 bits per heavy atom. The lowest BCUT2D eigenvalue weighted by molar-refractivity contribution is -0.158. The third-order valence-electron chi connectivity index (χ3n) is 2.50. The van der Waals surface area contributed by atoms with Crippen LogP contribution in [0.5, 0.6) is 0 Å². The quantitative estimate of drug-likeness (QED) is 0.808. The number of carboxylic acids is 1. The lowest BCUT2D eigenvalue weighted by Crippen LogP contribution is -2.43. The Labute approximate surface area is 127 Å². The maximum atomic E-state index is 12.8. The van der Waals surface area contributed by atoms with Gasteiger partial charge in [-0.15, -0.1) is 0 Å². The minimum absolute atomic E-state index is 0.0943. The Morgan fingerprint density at radius 1 is 1.23 bits per heavy atom. The molecule has 0 unspecified atom stereocenters. The van der Waals surface area contributed by atoms with Gasteiger partial charge in [0, 0.05) is 5.56 Å². The zero-order chi connectivity index (χ0) is 16.9. The van der Waals surface area contributed by atoms with Gasteiger partial charge in [-0.3, -0.25) is 9.59 Å². The van der Waals surface area contributed by atoms with Crippen LogP contribution in [0.4, 0.5) is 4.39 Å². The van der Waals surface area contributed by atoms with Crippen LogP contribution < -0.4 is 5.32 Å². The van der Waals surface area contributed by atoms with Crippen molar-refractivity contribution in [2.45, 2.75) is 38.8 Å². The number of aliphatic carboxylic acids is 1. The number of hydrogen-bond donors (Lipinski definition) is 2. The first-order valence-electron chi connectivity index (χ1n) is 6.59. The van der Waals surface area contributed by atoms with Crippen molar-refractivity contribution in [3.8, 4) is 0 Å². The van der Waals surface area contributed by atoms with Crippen LogP contribution in [0.25, 0.3) is 0 Å². The third-order valence-corrected chi connectivity index (χ3v) is 2.50. The fraction of sp³-hybridized carbons (Fsp3) is 0.400. The number of carboxylic acid groups (broad SMARTS) is 1. The molecule has 0 aromatic heterocycles. The summed E-state index contributed by atoms with van der Waals surface area (Å²) >= 11 is 0. The molecule has 1 atom stereocenters. The standard InChI is InChI=1S/C15H18FNO5/c1-15(2,3)22-12(18)8-11(14(20)21)17-13(19)9-4-6-10(16)7-5-9/h4-7,11H,8H2,1-3H3,(H,17,19)(H,20,21)/t11-/m0/s1. The van der Waals surface area contributed by atoms with Gasteiger partial charge in [0.1, 0.15) is 17.5 Å². The first-order valence-corrected chi connectivity index (χ1v) is 6.59. The average molecular weight is 311 g/mol. The zero-order valence-electron chi connectivity index (χ0n) is 12.6. The average Bonchev–Trinajstić information content (AvgIpc) is 2.36. The number of rotatable bonds is 5. The van der Waals surface area contributed by atoms with Gasteiger partial charge < -0.3 is 15.2 Å². The topological polar surface area (TPSA) is 92.7 Å². The Kier molecular flexibility index (Phi) is 5.62. The molecular weight excluding hydrogens is 293 g/mol. The highest BCUT2D eigenvalue weighted by atomic mass is 19.1. The SMILES string of the molecule is CC(C)(C)OC(=O)C[C@H](NC(=O)c1ccc(F)cc1)C(=O)O. The summed E-state index contributed by atoms with van der Waals surface area (Å²) in [6, 6.07) is 3.18. The normalized spacial score (nSPS) is 12.4. The summed E-state index contributed by atoms with van der Waals surface area (Å²) in [4.78, 5) is 34.7. The summed E-state index contributed by atoms with van der Waals surface area (Å²) in [5.74, 6) is -3.32. The Balaban J connectivity index is 2.72. The minimum Gasteiger partial charge on any atom is -0.480 e. The third kappa shape index (κ3) is 5.90. The van der Waals surface area contributed by atoms with Gasteiger partial charge in [-0.25, -0.2) is 9.18 Å². The van der Waals surface area contributed by atoms with Crippen LogP contribution in [0, 0.1) is 5.82 Å². The van der Waals surface area contributed by atoms with Crippen molar-refractivity contribution in [2.24, 2.45) is 0 Å². The fourth-order valence-electron chi connectivity index (χ4n) is 1.59. The molecule has 1 rings (SSSR count). The second-order valence-corrected chi connectivity index (χ2v) is 5.66. The van der Waals surface area contributed by atoms with Crippen LogP contribution in [0.3, 0.4) is 0 Å². The van der Waals surface area contributed by atoms with E-state index in [2.05, 4.69) is 5.32 Å². The summed E-state index contributed by atoms with van der Waals surface area (Å²) in [5.41, 5.74) is -0.655. The van der Waals surface area contributed by atoms with Crippen molar-refractivity contribution in [2.75, 3.05) is 0 Å². The summed E-state index contributed by atoms with van der Waals surface area (Å²) in [5, 5.41) is 11.3. The molecule has 1 amide bonds. The molecule has 0 aliphatic rings. The van der Waals surface area contributed by atoms with Gasteiger partial charge in [0.25, 0.3) is 5.91 Å².